The first kappa shape index (κ1) is 20.4. The number of nitrogens with zero attached hydrogens (tertiary/aromatic N) is 1. The van der Waals surface area contributed by atoms with Crippen LogP contribution in [0.5, 0.6) is 0 Å². The van der Waals surface area contributed by atoms with Gasteiger partial charge in [0.05, 0.1) is 12.1 Å². The van der Waals surface area contributed by atoms with Gasteiger partial charge in [-0.25, -0.2) is 0 Å². The summed E-state index contributed by atoms with van der Waals surface area (Å²) in [6.07, 6.45) is 11.1. The average Bonchev–Trinajstić information content (AvgIpc) is 3.25. The van der Waals surface area contributed by atoms with Crippen molar-refractivity contribution in [2.75, 3.05) is 0 Å². The highest BCUT2D eigenvalue weighted by molar-refractivity contribution is 7.80. The third-order valence-electron chi connectivity index (χ3n) is 6.82. The van der Waals surface area contributed by atoms with E-state index < -0.39 is 0 Å². The molecule has 1 aromatic heterocycles. The number of hydrogen-bond acceptors (Lipinski definition) is 2. The van der Waals surface area contributed by atoms with E-state index in [1.54, 1.807) is 0 Å². The average molecular weight is 412 g/mol. The van der Waals surface area contributed by atoms with Crippen LogP contribution in [-0.4, -0.2) is 27.1 Å². The Labute approximate surface area is 179 Å². The second-order valence-corrected chi connectivity index (χ2v) is 9.35. The van der Waals surface area contributed by atoms with Crippen molar-refractivity contribution in [2.24, 2.45) is 0 Å². The lowest BCUT2D eigenvalue weighted by Crippen LogP contribution is -2.49. The molecule has 5 heteroatoms. The largest absolute Gasteiger partial charge is 0.360 e. The summed E-state index contributed by atoms with van der Waals surface area (Å²) in [6, 6.07) is 7.21. The highest BCUT2D eigenvalue weighted by atomic mass is 32.1. The van der Waals surface area contributed by atoms with Crippen LogP contribution >= 0.6 is 12.2 Å². The smallest absolute Gasteiger partial charge is 0.253 e. The number of aryl methyl sites for hydroxylation is 2. The number of aromatic amines is 1. The molecule has 156 valence electrons. The molecule has 2 aliphatic rings. The molecule has 0 bridgehead atoms. The van der Waals surface area contributed by atoms with Gasteiger partial charge in [0.1, 0.15) is 0 Å². The van der Waals surface area contributed by atoms with E-state index in [9.17, 15) is 4.79 Å². The number of H-pyrrole nitrogens is 1. The van der Waals surface area contributed by atoms with E-state index in [-0.39, 0.29) is 5.56 Å². The van der Waals surface area contributed by atoms with Crippen molar-refractivity contribution in [3.8, 4) is 0 Å². The van der Waals surface area contributed by atoms with Gasteiger partial charge in [-0.3, -0.25) is 4.79 Å². The van der Waals surface area contributed by atoms with Crippen LogP contribution in [0.25, 0.3) is 10.9 Å². The van der Waals surface area contributed by atoms with Crippen LogP contribution in [0.4, 0.5) is 0 Å². The highest BCUT2D eigenvalue weighted by Gasteiger charge is 2.27. The molecular weight excluding hydrogens is 378 g/mol. The van der Waals surface area contributed by atoms with Gasteiger partial charge < -0.3 is 15.2 Å². The third kappa shape index (κ3) is 4.50. The molecule has 1 heterocycles. The quantitative estimate of drug-likeness (QED) is 0.688. The molecule has 2 aromatic rings. The Bertz CT molecular complexity index is 939. The standard InChI is InChI=1S/C24H33N3OS/c1-16-12-13-17(2)22-21(16)14-18(23(28)26-22)15-27(20-10-6-7-11-20)24(29)25-19-8-4-3-5-9-19/h12-14,19-20H,3-11,15H2,1-2H3,(H,25,29)(H,26,28). The number of hydrogen-bond donors (Lipinski definition) is 2. The van der Waals surface area contributed by atoms with Crippen LogP contribution in [-0.2, 0) is 6.54 Å². The van der Waals surface area contributed by atoms with Crippen LogP contribution in [0.15, 0.2) is 23.0 Å². The number of fused-ring (bicyclic) bond motifs is 1. The van der Waals surface area contributed by atoms with Crippen molar-refractivity contribution in [2.45, 2.75) is 90.3 Å². The monoisotopic (exact) mass is 411 g/mol. The first-order chi connectivity index (χ1) is 14.0. The maximum absolute atomic E-state index is 12.9. The van der Waals surface area contributed by atoms with Gasteiger partial charge in [0, 0.05) is 23.0 Å². The summed E-state index contributed by atoms with van der Waals surface area (Å²) in [4.78, 5) is 18.4. The summed E-state index contributed by atoms with van der Waals surface area (Å²) in [5, 5.41) is 5.61. The van der Waals surface area contributed by atoms with E-state index in [4.69, 9.17) is 12.2 Å². The van der Waals surface area contributed by atoms with Gasteiger partial charge in [-0.2, -0.15) is 0 Å². The second-order valence-electron chi connectivity index (χ2n) is 8.96. The number of thiocarbonyl (C=S) groups is 1. The minimum absolute atomic E-state index is 0.00895. The van der Waals surface area contributed by atoms with Gasteiger partial charge in [-0.05, 0) is 68.9 Å². The van der Waals surface area contributed by atoms with Crippen molar-refractivity contribution < 1.29 is 0 Å². The Balaban J connectivity index is 1.61. The molecule has 0 radical (unpaired) electrons. The summed E-state index contributed by atoms with van der Waals surface area (Å²) in [5.41, 5.74) is 4.07. The van der Waals surface area contributed by atoms with E-state index in [1.165, 1.54) is 50.5 Å². The SMILES string of the molecule is Cc1ccc(C)c2[nH]c(=O)c(CN(C(=S)NC3CCCCC3)C3CCCC3)cc12. The number of rotatable bonds is 4. The van der Waals surface area contributed by atoms with E-state index in [2.05, 4.69) is 40.3 Å². The number of benzene rings is 1. The second kappa shape index (κ2) is 8.86. The Hall–Kier alpha value is -1.88. The summed E-state index contributed by atoms with van der Waals surface area (Å²) in [5.74, 6) is 0. The van der Waals surface area contributed by atoms with E-state index in [1.807, 2.05) is 6.92 Å². The molecule has 2 saturated carbocycles. The zero-order valence-electron chi connectivity index (χ0n) is 17.7. The van der Waals surface area contributed by atoms with Gasteiger partial charge >= 0.3 is 0 Å². The Kier molecular flexibility index (Phi) is 6.23. The Morgan fingerprint density at radius 1 is 1.07 bits per heavy atom. The molecule has 2 N–H and O–H groups in total. The van der Waals surface area contributed by atoms with Crippen molar-refractivity contribution in [3.05, 3.63) is 45.2 Å². The first-order valence-corrected chi connectivity index (χ1v) is 11.6. The van der Waals surface area contributed by atoms with E-state index >= 15 is 0 Å². The molecule has 4 nitrogen and oxygen atoms in total. The molecule has 29 heavy (non-hydrogen) atoms. The number of aromatic nitrogens is 1. The molecule has 1 aromatic carbocycles. The summed E-state index contributed by atoms with van der Waals surface area (Å²) >= 11 is 5.88. The lowest BCUT2D eigenvalue weighted by Gasteiger charge is -2.34. The molecule has 2 aliphatic carbocycles. The summed E-state index contributed by atoms with van der Waals surface area (Å²) in [7, 11) is 0. The highest BCUT2D eigenvalue weighted by Crippen LogP contribution is 2.27. The van der Waals surface area contributed by atoms with Gasteiger partial charge in [0.15, 0.2) is 5.11 Å². The van der Waals surface area contributed by atoms with Crippen LogP contribution in [0.2, 0.25) is 0 Å². The topological polar surface area (TPSA) is 48.1 Å². The zero-order valence-corrected chi connectivity index (χ0v) is 18.5. The predicted molar refractivity (Wildman–Crippen MR) is 124 cm³/mol. The molecule has 0 saturated heterocycles. The zero-order chi connectivity index (χ0) is 20.4. The van der Waals surface area contributed by atoms with Gasteiger partial charge in [-0.1, -0.05) is 44.2 Å². The summed E-state index contributed by atoms with van der Waals surface area (Å²) < 4.78 is 0. The maximum atomic E-state index is 12.9. The lowest BCUT2D eigenvalue weighted by molar-refractivity contribution is 0.292. The molecular formula is C24H33N3OS. The molecule has 2 fully saturated rings. The third-order valence-corrected chi connectivity index (χ3v) is 7.17. The number of pyridine rings is 1. The number of nitrogens with one attached hydrogen (secondary N) is 2. The van der Waals surface area contributed by atoms with Crippen LogP contribution in [0.3, 0.4) is 0 Å². The van der Waals surface area contributed by atoms with Crippen LogP contribution in [0.1, 0.15) is 74.5 Å². The minimum atomic E-state index is 0.00895. The van der Waals surface area contributed by atoms with Crippen molar-refractivity contribution in [1.82, 2.24) is 15.2 Å². The maximum Gasteiger partial charge on any atom is 0.253 e. The lowest BCUT2D eigenvalue weighted by atomic mass is 9.96. The summed E-state index contributed by atoms with van der Waals surface area (Å²) in [6.45, 7) is 4.74. The molecule has 4 rings (SSSR count). The van der Waals surface area contributed by atoms with Crippen molar-refractivity contribution in [1.29, 1.82) is 0 Å². The molecule has 0 spiro atoms. The Morgan fingerprint density at radius 2 is 1.72 bits per heavy atom. The fraction of sp³-hybridized carbons (Fsp3) is 0.583. The first-order valence-electron chi connectivity index (χ1n) is 11.2. The fourth-order valence-corrected chi connectivity index (χ4v) is 5.39. The van der Waals surface area contributed by atoms with Crippen LogP contribution in [0, 0.1) is 13.8 Å². The molecule has 0 amide bonds. The predicted octanol–water partition coefficient (Wildman–Crippen LogP) is 5.10. The van der Waals surface area contributed by atoms with E-state index in [0.717, 1.165) is 40.0 Å². The van der Waals surface area contributed by atoms with Gasteiger partial charge in [-0.15, -0.1) is 0 Å². The van der Waals surface area contributed by atoms with Gasteiger partial charge in [0.2, 0.25) is 0 Å². The molecule has 0 atom stereocenters. The molecule has 0 aliphatic heterocycles. The van der Waals surface area contributed by atoms with Crippen molar-refractivity contribution >= 4 is 28.2 Å². The molecule has 0 unspecified atom stereocenters. The van der Waals surface area contributed by atoms with E-state index in [0.29, 0.717) is 18.6 Å². The van der Waals surface area contributed by atoms with Crippen molar-refractivity contribution in [3.63, 3.8) is 0 Å². The van der Waals surface area contributed by atoms with Gasteiger partial charge in [0.25, 0.3) is 5.56 Å². The normalized spacial score (nSPS) is 18.3. The Morgan fingerprint density at radius 3 is 2.45 bits per heavy atom. The minimum Gasteiger partial charge on any atom is -0.360 e. The fourth-order valence-electron chi connectivity index (χ4n) is 5.01. The van der Waals surface area contributed by atoms with Crippen LogP contribution < -0.4 is 10.9 Å².